The van der Waals surface area contributed by atoms with E-state index in [1.807, 2.05) is 19.1 Å². The van der Waals surface area contributed by atoms with Crippen molar-refractivity contribution in [1.29, 1.82) is 0 Å². The zero-order valence-corrected chi connectivity index (χ0v) is 14.5. The van der Waals surface area contributed by atoms with E-state index < -0.39 is 16.1 Å². The number of aryl methyl sites for hydroxylation is 1. The van der Waals surface area contributed by atoms with Gasteiger partial charge in [-0.2, -0.15) is 0 Å². The molecule has 0 aliphatic rings. The summed E-state index contributed by atoms with van der Waals surface area (Å²) in [7, 11) is -3.91. The second-order valence-electron chi connectivity index (χ2n) is 5.40. The van der Waals surface area contributed by atoms with Crippen LogP contribution in [0.15, 0.2) is 59.5 Å². The molecule has 2 rings (SSSR count). The summed E-state index contributed by atoms with van der Waals surface area (Å²) in [5.41, 5.74) is 1.49. The summed E-state index contributed by atoms with van der Waals surface area (Å²) in [5.74, 6) is -0.135. The third-order valence-corrected chi connectivity index (χ3v) is 5.77. The number of sulfonamides is 1. The van der Waals surface area contributed by atoms with E-state index in [2.05, 4.69) is 0 Å². The lowest BCUT2D eigenvalue weighted by Crippen LogP contribution is -2.28. The van der Waals surface area contributed by atoms with Crippen LogP contribution in [-0.2, 0) is 14.8 Å². The van der Waals surface area contributed by atoms with Gasteiger partial charge in [0.1, 0.15) is 5.78 Å². The summed E-state index contributed by atoms with van der Waals surface area (Å²) in [5, 5.41) is 0. The molecule has 0 bridgehead atoms. The Hall–Kier alpha value is -1.69. The molecule has 0 amide bonds. The van der Waals surface area contributed by atoms with Gasteiger partial charge in [0.2, 0.25) is 0 Å². The molecule has 0 N–H and O–H groups in total. The number of Topliss-reactive ketones (excluding diaryl/α,β-unsaturated/α-hetero) is 1. The molecular formula is C17H18ClNO3S. The predicted octanol–water partition coefficient (Wildman–Crippen LogP) is 3.86. The second kappa shape index (κ2) is 7.25. The van der Waals surface area contributed by atoms with Crippen LogP contribution in [-0.4, -0.2) is 18.0 Å². The number of carbonyl (C=O) groups excluding carboxylic acids is 1. The Morgan fingerprint density at radius 3 is 2.35 bits per heavy atom. The van der Waals surface area contributed by atoms with Gasteiger partial charge in [-0.3, -0.25) is 4.79 Å². The standard InChI is InChI=1S/C17H18ClNO3S/c1-13-7-6-10-16(11-13)23(21,22)19(18)17(12-14(2)20)15-8-4-3-5-9-15/h3-11,17H,12H2,1-2H3. The highest BCUT2D eigenvalue weighted by molar-refractivity contribution is 7.90. The van der Waals surface area contributed by atoms with Crippen LogP contribution in [0.5, 0.6) is 0 Å². The van der Waals surface area contributed by atoms with E-state index in [1.165, 1.54) is 13.0 Å². The third kappa shape index (κ3) is 4.19. The number of rotatable bonds is 6. The maximum atomic E-state index is 12.8. The average Bonchev–Trinajstić information content (AvgIpc) is 2.52. The summed E-state index contributed by atoms with van der Waals surface area (Å²) in [6.45, 7) is 3.22. The first kappa shape index (κ1) is 17.7. The maximum Gasteiger partial charge on any atom is 0.257 e. The number of hydrogen-bond acceptors (Lipinski definition) is 3. The van der Waals surface area contributed by atoms with Gasteiger partial charge in [0.05, 0.1) is 10.9 Å². The lowest BCUT2D eigenvalue weighted by Gasteiger charge is -2.24. The minimum absolute atomic E-state index is 0.0125. The molecule has 4 nitrogen and oxygen atoms in total. The van der Waals surface area contributed by atoms with Gasteiger partial charge in [0, 0.05) is 6.42 Å². The summed E-state index contributed by atoms with van der Waals surface area (Å²) < 4.78 is 26.3. The van der Waals surface area contributed by atoms with Gasteiger partial charge in [0.15, 0.2) is 0 Å². The van der Waals surface area contributed by atoms with Crippen molar-refractivity contribution in [2.75, 3.05) is 0 Å². The number of halogens is 1. The highest BCUT2D eigenvalue weighted by Gasteiger charge is 2.32. The van der Waals surface area contributed by atoms with Crippen LogP contribution in [0, 0.1) is 6.92 Å². The number of carbonyl (C=O) groups is 1. The lowest BCUT2D eigenvalue weighted by molar-refractivity contribution is -0.117. The van der Waals surface area contributed by atoms with Crippen molar-refractivity contribution in [3.05, 3.63) is 65.7 Å². The second-order valence-corrected chi connectivity index (χ2v) is 7.78. The van der Waals surface area contributed by atoms with Crippen LogP contribution in [0.25, 0.3) is 0 Å². The molecule has 0 heterocycles. The molecular weight excluding hydrogens is 334 g/mol. The molecule has 0 spiro atoms. The fraction of sp³-hybridized carbons (Fsp3) is 0.235. The van der Waals surface area contributed by atoms with Crippen LogP contribution in [0.4, 0.5) is 0 Å². The summed E-state index contributed by atoms with van der Waals surface area (Å²) in [4.78, 5) is 11.7. The van der Waals surface area contributed by atoms with Gasteiger partial charge in [-0.1, -0.05) is 42.5 Å². The number of ketones is 1. The first-order valence-corrected chi connectivity index (χ1v) is 8.91. The normalized spacial score (nSPS) is 13.0. The molecule has 0 fully saturated rings. The number of benzene rings is 2. The molecule has 0 aliphatic carbocycles. The Balaban J connectivity index is 2.44. The van der Waals surface area contributed by atoms with Crippen molar-refractivity contribution in [3.63, 3.8) is 0 Å². The minimum Gasteiger partial charge on any atom is -0.300 e. The summed E-state index contributed by atoms with van der Waals surface area (Å²) in [6.07, 6.45) is 0.0125. The van der Waals surface area contributed by atoms with Gasteiger partial charge < -0.3 is 0 Å². The minimum atomic E-state index is -3.91. The van der Waals surface area contributed by atoms with Gasteiger partial charge in [-0.15, -0.1) is 3.82 Å². The quantitative estimate of drug-likeness (QED) is 0.742. The van der Waals surface area contributed by atoms with Gasteiger partial charge in [-0.05, 0) is 48.9 Å². The maximum absolute atomic E-state index is 12.8. The molecule has 6 heteroatoms. The monoisotopic (exact) mass is 351 g/mol. The van der Waals surface area contributed by atoms with Gasteiger partial charge in [0.25, 0.3) is 10.0 Å². The third-order valence-electron chi connectivity index (χ3n) is 3.43. The van der Waals surface area contributed by atoms with Crippen molar-refractivity contribution in [2.24, 2.45) is 0 Å². The Morgan fingerprint density at radius 1 is 1.13 bits per heavy atom. The predicted molar refractivity (Wildman–Crippen MR) is 90.5 cm³/mol. The Labute approximate surface area is 141 Å². The van der Waals surface area contributed by atoms with Gasteiger partial charge in [-0.25, -0.2) is 8.42 Å². The molecule has 23 heavy (non-hydrogen) atoms. The summed E-state index contributed by atoms with van der Waals surface area (Å²) in [6, 6.07) is 14.7. The van der Waals surface area contributed by atoms with E-state index in [0.717, 1.165) is 9.39 Å². The van der Waals surface area contributed by atoms with Crippen molar-refractivity contribution in [3.8, 4) is 0 Å². The molecule has 0 radical (unpaired) electrons. The van der Waals surface area contributed by atoms with Crippen LogP contribution in [0.1, 0.15) is 30.5 Å². The van der Waals surface area contributed by atoms with E-state index >= 15 is 0 Å². The molecule has 0 saturated carbocycles. The van der Waals surface area contributed by atoms with E-state index in [-0.39, 0.29) is 17.1 Å². The highest BCUT2D eigenvalue weighted by atomic mass is 35.5. The largest absolute Gasteiger partial charge is 0.300 e. The molecule has 2 aromatic rings. The van der Waals surface area contributed by atoms with E-state index in [0.29, 0.717) is 5.56 Å². The van der Waals surface area contributed by atoms with E-state index in [1.54, 1.807) is 36.4 Å². The van der Waals surface area contributed by atoms with Crippen LogP contribution >= 0.6 is 11.8 Å². The zero-order valence-electron chi connectivity index (χ0n) is 12.9. The molecule has 0 aliphatic heterocycles. The van der Waals surface area contributed by atoms with Crippen molar-refractivity contribution in [2.45, 2.75) is 31.2 Å². The van der Waals surface area contributed by atoms with Crippen LogP contribution in [0.3, 0.4) is 0 Å². The fourth-order valence-corrected chi connectivity index (χ4v) is 4.04. The zero-order chi connectivity index (χ0) is 17.0. The van der Waals surface area contributed by atoms with Crippen LogP contribution < -0.4 is 0 Å². The SMILES string of the molecule is CC(=O)CC(c1ccccc1)N(Cl)S(=O)(=O)c1cccc(C)c1. The number of nitrogens with zero attached hydrogens (tertiary/aromatic N) is 1. The van der Waals surface area contributed by atoms with Crippen molar-refractivity contribution in [1.82, 2.24) is 3.82 Å². The first-order chi connectivity index (χ1) is 10.8. The number of hydrogen-bond donors (Lipinski definition) is 0. The average molecular weight is 352 g/mol. The molecule has 0 aromatic heterocycles. The first-order valence-electron chi connectivity index (χ1n) is 7.13. The van der Waals surface area contributed by atoms with Crippen molar-refractivity contribution < 1.29 is 13.2 Å². The highest BCUT2D eigenvalue weighted by Crippen LogP contribution is 2.32. The lowest BCUT2D eigenvalue weighted by atomic mass is 10.0. The Morgan fingerprint density at radius 2 is 1.78 bits per heavy atom. The molecule has 0 saturated heterocycles. The molecule has 2 aromatic carbocycles. The smallest absolute Gasteiger partial charge is 0.257 e. The van der Waals surface area contributed by atoms with E-state index in [4.69, 9.17) is 11.8 Å². The molecule has 1 atom stereocenters. The molecule has 122 valence electrons. The van der Waals surface area contributed by atoms with Gasteiger partial charge >= 0.3 is 0 Å². The molecule has 1 unspecified atom stereocenters. The Bertz CT molecular complexity index is 790. The topological polar surface area (TPSA) is 54.5 Å². The fourth-order valence-electron chi connectivity index (χ4n) is 2.30. The van der Waals surface area contributed by atoms with E-state index in [9.17, 15) is 13.2 Å². The Kier molecular flexibility index (Phi) is 5.57. The summed E-state index contributed by atoms with van der Waals surface area (Å²) >= 11 is 6.20. The van der Waals surface area contributed by atoms with Crippen LogP contribution in [0.2, 0.25) is 0 Å². The van der Waals surface area contributed by atoms with Crippen molar-refractivity contribution >= 4 is 27.6 Å².